The highest BCUT2D eigenvalue weighted by atomic mass is 16.5. The maximum Gasteiger partial charge on any atom is 0.260 e. The minimum Gasteiger partial charge on any atom is -0.496 e. The number of nitrogens with one attached hydrogen (secondary N) is 1. The number of ether oxygens (including phenoxy) is 1. The molecule has 0 unspecified atom stereocenters. The molecule has 4 heterocycles. The van der Waals surface area contributed by atoms with Gasteiger partial charge in [-0.2, -0.15) is 14.7 Å². The van der Waals surface area contributed by atoms with E-state index in [1.54, 1.807) is 36.3 Å². The van der Waals surface area contributed by atoms with E-state index in [0.717, 1.165) is 36.6 Å². The van der Waals surface area contributed by atoms with Crippen LogP contribution in [0.15, 0.2) is 55.2 Å². The van der Waals surface area contributed by atoms with Crippen LogP contribution in [0, 0.1) is 0 Å². The second-order valence-corrected chi connectivity index (χ2v) is 8.46. The van der Waals surface area contributed by atoms with Crippen molar-refractivity contribution in [2.45, 2.75) is 37.8 Å². The summed E-state index contributed by atoms with van der Waals surface area (Å²) in [5.41, 5.74) is 1.87. The fourth-order valence-corrected chi connectivity index (χ4v) is 4.70. The Hall–Kier alpha value is -4.28. The van der Waals surface area contributed by atoms with E-state index in [0.29, 0.717) is 34.9 Å². The van der Waals surface area contributed by atoms with E-state index in [4.69, 9.17) is 9.84 Å². The van der Waals surface area contributed by atoms with Crippen LogP contribution in [0.3, 0.4) is 0 Å². The van der Waals surface area contributed by atoms with Crippen molar-refractivity contribution in [2.24, 2.45) is 0 Å². The molecule has 11 nitrogen and oxygen atoms in total. The fraction of sp³-hybridized carbons (Fsp3) is 0.304. The van der Waals surface area contributed by atoms with E-state index in [-0.39, 0.29) is 5.91 Å². The fourth-order valence-electron chi connectivity index (χ4n) is 4.70. The molecule has 1 aromatic carbocycles. The number of methoxy groups -OCH3 is 1. The summed E-state index contributed by atoms with van der Waals surface area (Å²) in [7, 11) is 1.55. The van der Waals surface area contributed by atoms with Crippen molar-refractivity contribution >= 4 is 28.3 Å². The van der Waals surface area contributed by atoms with E-state index in [1.165, 1.54) is 0 Å². The molecule has 11 heteroatoms. The molecule has 0 radical (unpaired) electrons. The summed E-state index contributed by atoms with van der Waals surface area (Å²) in [6, 6.07) is 7.94. The first-order valence-electron chi connectivity index (χ1n) is 11.2. The Bertz CT molecular complexity index is 1460. The van der Waals surface area contributed by atoms with Gasteiger partial charge in [0, 0.05) is 30.0 Å². The number of aromatic nitrogens is 8. The number of benzene rings is 1. The molecule has 0 spiro atoms. The first-order valence-corrected chi connectivity index (χ1v) is 11.2. The Kier molecular flexibility index (Phi) is 4.93. The third kappa shape index (κ3) is 3.54. The summed E-state index contributed by atoms with van der Waals surface area (Å²) in [4.78, 5) is 17.4. The first-order chi connectivity index (χ1) is 16.7. The monoisotopic (exact) mass is 457 g/mol. The predicted octanol–water partition coefficient (Wildman–Crippen LogP) is 3.29. The van der Waals surface area contributed by atoms with Crippen LogP contribution in [0.1, 0.15) is 48.1 Å². The van der Waals surface area contributed by atoms with Crippen LogP contribution in [0.25, 0.3) is 16.6 Å². The molecule has 0 aliphatic heterocycles. The molecule has 172 valence electrons. The van der Waals surface area contributed by atoms with Crippen LogP contribution in [-0.2, 0) is 0 Å². The van der Waals surface area contributed by atoms with Gasteiger partial charge in [-0.05, 0) is 43.9 Å². The molecule has 1 aliphatic carbocycles. The van der Waals surface area contributed by atoms with Gasteiger partial charge < -0.3 is 10.1 Å². The van der Waals surface area contributed by atoms with Gasteiger partial charge in [-0.3, -0.25) is 9.48 Å². The quantitative estimate of drug-likeness (QED) is 0.430. The number of hydrogen-bond acceptors (Lipinski definition) is 7. The molecule has 6 rings (SSSR count). The van der Waals surface area contributed by atoms with Gasteiger partial charge in [0.1, 0.15) is 5.75 Å². The molecule has 1 fully saturated rings. The van der Waals surface area contributed by atoms with E-state index in [1.807, 2.05) is 40.0 Å². The Labute approximate surface area is 194 Å². The molecular weight excluding hydrogens is 434 g/mol. The number of nitrogens with zero attached hydrogens (tertiary/aromatic N) is 8. The highest BCUT2D eigenvalue weighted by molar-refractivity contribution is 6.08. The van der Waals surface area contributed by atoms with Gasteiger partial charge in [0.05, 0.1) is 42.7 Å². The average molecular weight is 457 g/mol. The van der Waals surface area contributed by atoms with Crippen LogP contribution in [0.4, 0.5) is 5.82 Å². The van der Waals surface area contributed by atoms with Crippen LogP contribution in [0.2, 0.25) is 0 Å². The van der Waals surface area contributed by atoms with Crippen molar-refractivity contribution < 1.29 is 9.53 Å². The summed E-state index contributed by atoms with van der Waals surface area (Å²) in [5, 5.41) is 20.9. The second kappa shape index (κ2) is 8.25. The number of fused-ring (bicyclic) bond motifs is 2. The van der Waals surface area contributed by atoms with Crippen molar-refractivity contribution in [1.82, 2.24) is 39.4 Å². The number of carbonyl (C=O) groups excluding carboxylic acids is 1. The topological polar surface area (TPSA) is 117 Å². The number of imidazole rings is 1. The van der Waals surface area contributed by atoms with E-state index >= 15 is 0 Å². The number of carbonyl (C=O) groups is 1. The molecule has 0 atom stereocenters. The Balaban J connectivity index is 1.25. The van der Waals surface area contributed by atoms with Crippen LogP contribution in [-0.4, -0.2) is 52.4 Å². The van der Waals surface area contributed by atoms with Crippen LogP contribution < -0.4 is 10.1 Å². The highest BCUT2D eigenvalue weighted by Gasteiger charge is 2.25. The van der Waals surface area contributed by atoms with Gasteiger partial charge >= 0.3 is 0 Å². The minimum atomic E-state index is -0.299. The molecule has 1 amide bonds. The van der Waals surface area contributed by atoms with E-state index < -0.39 is 0 Å². The maximum absolute atomic E-state index is 13.1. The Morgan fingerprint density at radius 3 is 2.71 bits per heavy atom. The molecule has 1 N–H and O–H groups in total. The lowest BCUT2D eigenvalue weighted by molar-refractivity contribution is 0.102. The molecule has 1 saturated carbocycles. The summed E-state index contributed by atoms with van der Waals surface area (Å²) in [6.45, 7) is 0. The highest BCUT2D eigenvalue weighted by Crippen LogP contribution is 2.35. The third-order valence-electron chi connectivity index (χ3n) is 6.46. The normalized spacial score (nSPS) is 18.4. The molecular formula is C23H23N9O2. The zero-order valence-corrected chi connectivity index (χ0v) is 18.6. The molecule has 4 aromatic heterocycles. The van der Waals surface area contributed by atoms with E-state index in [9.17, 15) is 4.79 Å². The van der Waals surface area contributed by atoms with Crippen molar-refractivity contribution in [3.8, 4) is 5.75 Å². The third-order valence-corrected chi connectivity index (χ3v) is 6.46. The summed E-state index contributed by atoms with van der Waals surface area (Å²) in [6.07, 6.45) is 12.9. The predicted molar refractivity (Wildman–Crippen MR) is 124 cm³/mol. The summed E-state index contributed by atoms with van der Waals surface area (Å²) in [5.74, 6) is 0.654. The molecule has 1 aliphatic rings. The number of hydrogen-bond donors (Lipinski definition) is 1. The zero-order valence-electron chi connectivity index (χ0n) is 18.6. The second-order valence-electron chi connectivity index (χ2n) is 8.46. The smallest absolute Gasteiger partial charge is 0.260 e. The molecule has 0 bridgehead atoms. The minimum absolute atomic E-state index is 0.299. The van der Waals surface area contributed by atoms with Crippen molar-refractivity contribution in [3.63, 3.8) is 0 Å². The maximum atomic E-state index is 13.1. The lowest BCUT2D eigenvalue weighted by Gasteiger charge is -2.28. The molecule has 5 aromatic rings. The van der Waals surface area contributed by atoms with Gasteiger partial charge in [0.15, 0.2) is 11.5 Å². The molecule has 34 heavy (non-hydrogen) atoms. The largest absolute Gasteiger partial charge is 0.496 e. The molecule has 0 saturated heterocycles. The van der Waals surface area contributed by atoms with Crippen LogP contribution in [0.5, 0.6) is 5.75 Å². The van der Waals surface area contributed by atoms with E-state index in [2.05, 4.69) is 25.7 Å². The first kappa shape index (κ1) is 20.3. The number of amides is 1. The van der Waals surface area contributed by atoms with Crippen molar-refractivity contribution in [2.75, 3.05) is 12.4 Å². The van der Waals surface area contributed by atoms with Gasteiger partial charge in [-0.25, -0.2) is 9.67 Å². The zero-order chi connectivity index (χ0) is 23.1. The SMILES string of the molecule is COc1cc2nn([C@H]3CC[C@H](n4ccnn4)CC3)cc2cc1C(=O)Nc1cnc2cccnn12. The van der Waals surface area contributed by atoms with Gasteiger partial charge in [-0.15, -0.1) is 5.10 Å². The lowest BCUT2D eigenvalue weighted by atomic mass is 9.91. The Morgan fingerprint density at radius 1 is 1.12 bits per heavy atom. The van der Waals surface area contributed by atoms with Crippen molar-refractivity contribution in [3.05, 3.63) is 60.8 Å². The lowest BCUT2D eigenvalue weighted by Crippen LogP contribution is -2.21. The standard InChI is InChI=1S/C23H23N9O2/c1-34-20-12-19-15(11-18(20)23(33)27-22-13-24-21-3-2-8-26-32(21)22)14-31(28-19)17-6-4-16(5-7-17)30-10-9-25-29-30/h2-3,8-14,16-17H,4-7H2,1H3,(H,27,33)/t16-,17-. The van der Waals surface area contributed by atoms with Crippen LogP contribution >= 0.6 is 0 Å². The van der Waals surface area contributed by atoms with Gasteiger partial charge in [-0.1, -0.05) is 5.21 Å². The van der Waals surface area contributed by atoms with Crippen molar-refractivity contribution in [1.29, 1.82) is 0 Å². The van der Waals surface area contributed by atoms with Gasteiger partial charge in [0.2, 0.25) is 0 Å². The average Bonchev–Trinajstić information content (AvgIpc) is 3.63. The summed E-state index contributed by atoms with van der Waals surface area (Å²) >= 11 is 0. The Morgan fingerprint density at radius 2 is 1.94 bits per heavy atom. The number of anilines is 1. The number of rotatable bonds is 5. The van der Waals surface area contributed by atoms with Gasteiger partial charge in [0.25, 0.3) is 5.91 Å². The summed E-state index contributed by atoms with van der Waals surface area (Å²) < 4.78 is 11.1.